The standard InChI is InChI=1S/C35H63NO2/c1-3-5-7-9-11-12-14-16-24-37-32-22-21-29-26-31(20-19-30(29)27-32)35-36-33-25-28(18-23-34(33)38-35)17-15-13-10-8-6-4-2/h28-34H,3-27H2,1-2H3. The molecule has 4 aliphatic rings. The maximum absolute atomic E-state index is 6.56. The molecule has 0 saturated heterocycles. The van der Waals surface area contributed by atoms with Crippen LogP contribution in [0.25, 0.3) is 0 Å². The molecule has 3 fully saturated rings. The summed E-state index contributed by atoms with van der Waals surface area (Å²) in [6, 6.07) is 0.474. The molecule has 0 amide bonds. The van der Waals surface area contributed by atoms with Gasteiger partial charge in [0.05, 0.1) is 12.1 Å². The van der Waals surface area contributed by atoms with Crippen molar-refractivity contribution in [3.8, 4) is 0 Å². The molecular formula is C35H63NO2. The number of ether oxygens (including phenoxy) is 2. The molecule has 38 heavy (non-hydrogen) atoms. The maximum Gasteiger partial charge on any atom is 0.187 e. The quantitative estimate of drug-likeness (QED) is 0.165. The first kappa shape index (κ1) is 30.4. The number of nitrogens with zero attached hydrogens (tertiary/aromatic N) is 1. The van der Waals surface area contributed by atoms with Gasteiger partial charge in [0.15, 0.2) is 5.90 Å². The van der Waals surface area contributed by atoms with Gasteiger partial charge in [-0.2, -0.15) is 0 Å². The third-order valence-corrected chi connectivity index (χ3v) is 10.7. The Kier molecular flexibility index (Phi) is 13.8. The number of rotatable bonds is 18. The minimum atomic E-state index is 0.406. The number of hydrogen-bond acceptors (Lipinski definition) is 3. The van der Waals surface area contributed by atoms with Gasteiger partial charge in [-0.25, -0.2) is 4.99 Å². The average molecular weight is 530 g/mol. The van der Waals surface area contributed by atoms with E-state index in [9.17, 15) is 0 Å². The lowest BCUT2D eigenvalue weighted by atomic mass is 9.67. The monoisotopic (exact) mass is 529 g/mol. The topological polar surface area (TPSA) is 30.8 Å². The minimum absolute atomic E-state index is 0.406. The van der Waals surface area contributed by atoms with E-state index in [1.807, 2.05) is 0 Å². The molecule has 3 aliphatic carbocycles. The van der Waals surface area contributed by atoms with Crippen LogP contribution in [-0.2, 0) is 9.47 Å². The van der Waals surface area contributed by atoms with E-state index in [0.29, 0.717) is 24.2 Å². The Morgan fingerprint density at radius 1 is 0.658 bits per heavy atom. The Balaban J connectivity index is 1.09. The van der Waals surface area contributed by atoms with E-state index in [1.54, 1.807) is 0 Å². The molecule has 1 aliphatic heterocycles. The number of aliphatic imine (C=N–C) groups is 1. The van der Waals surface area contributed by atoms with Crippen LogP contribution in [-0.4, -0.2) is 30.8 Å². The van der Waals surface area contributed by atoms with Crippen LogP contribution in [0.1, 0.15) is 168 Å². The average Bonchev–Trinajstić information content (AvgIpc) is 3.37. The lowest BCUT2D eigenvalue weighted by Crippen LogP contribution is -2.36. The first-order valence-corrected chi connectivity index (χ1v) is 17.6. The van der Waals surface area contributed by atoms with E-state index in [2.05, 4.69) is 13.8 Å². The molecule has 7 unspecified atom stereocenters. The van der Waals surface area contributed by atoms with E-state index >= 15 is 0 Å². The molecule has 0 aromatic carbocycles. The first-order valence-electron chi connectivity index (χ1n) is 17.6. The van der Waals surface area contributed by atoms with Gasteiger partial charge in [0.1, 0.15) is 6.10 Å². The summed E-state index contributed by atoms with van der Waals surface area (Å²) in [5, 5.41) is 0. The Hall–Kier alpha value is -0.570. The van der Waals surface area contributed by atoms with E-state index in [1.165, 1.54) is 160 Å². The van der Waals surface area contributed by atoms with E-state index in [0.717, 1.165) is 24.4 Å². The van der Waals surface area contributed by atoms with Crippen LogP contribution < -0.4 is 0 Å². The van der Waals surface area contributed by atoms with Gasteiger partial charge in [0, 0.05) is 12.5 Å². The summed E-state index contributed by atoms with van der Waals surface area (Å²) in [6.07, 6.45) is 33.8. The third kappa shape index (κ3) is 9.81. The third-order valence-electron chi connectivity index (χ3n) is 10.7. The van der Waals surface area contributed by atoms with Gasteiger partial charge in [-0.1, -0.05) is 104 Å². The predicted molar refractivity (Wildman–Crippen MR) is 162 cm³/mol. The molecule has 3 saturated carbocycles. The van der Waals surface area contributed by atoms with Crippen LogP contribution >= 0.6 is 0 Å². The second-order valence-corrected chi connectivity index (χ2v) is 13.7. The van der Waals surface area contributed by atoms with Crippen molar-refractivity contribution in [1.29, 1.82) is 0 Å². The summed E-state index contributed by atoms with van der Waals surface area (Å²) >= 11 is 0. The normalized spacial score (nSPS) is 32.9. The van der Waals surface area contributed by atoms with Gasteiger partial charge in [0.25, 0.3) is 0 Å². The largest absolute Gasteiger partial charge is 0.475 e. The van der Waals surface area contributed by atoms with Crippen LogP contribution in [0, 0.1) is 23.7 Å². The van der Waals surface area contributed by atoms with Crippen molar-refractivity contribution < 1.29 is 9.47 Å². The van der Waals surface area contributed by atoms with Crippen LogP contribution in [0.5, 0.6) is 0 Å². The molecule has 7 atom stereocenters. The molecule has 1 heterocycles. The Bertz CT molecular complexity index is 662. The molecule has 0 spiro atoms. The van der Waals surface area contributed by atoms with Gasteiger partial charge in [-0.3, -0.25) is 0 Å². The summed E-state index contributed by atoms with van der Waals surface area (Å²) in [5.41, 5.74) is 0. The van der Waals surface area contributed by atoms with E-state index in [-0.39, 0.29) is 0 Å². The molecular weight excluding hydrogens is 466 g/mol. The highest BCUT2D eigenvalue weighted by molar-refractivity contribution is 5.80. The zero-order valence-corrected chi connectivity index (χ0v) is 25.5. The van der Waals surface area contributed by atoms with Crippen molar-refractivity contribution in [3.63, 3.8) is 0 Å². The van der Waals surface area contributed by atoms with Gasteiger partial charge >= 0.3 is 0 Å². The molecule has 0 aromatic heterocycles. The van der Waals surface area contributed by atoms with Crippen molar-refractivity contribution in [3.05, 3.63) is 0 Å². The fourth-order valence-corrected chi connectivity index (χ4v) is 8.21. The Labute approximate surface area is 236 Å². The van der Waals surface area contributed by atoms with Crippen molar-refractivity contribution in [1.82, 2.24) is 0 Å². The fraction of sp³-hybridized carbons (Fsp3) is 0.971. The number of unbranched alkanes of at least 4 members (excludes halogenated alkanes) is 12. The van der Waals surface area contributed by atoms with Gasteiger partial charge in [-0.15, -0.1) is 0 Å². The second kappa shape index (κ2) is 17.3. The van der Waals surface area contributed by atoms with Gasteiger partial charge in [0.2, 0.25) is 0 Å². The SMILES string of the molecule is CCCCCCCCCCOC1CCC2CC(C3=NC4CC(CCCCCCCC)CCC4O3)CCC2C1. The van der Waals surface area contributed by atoms with Crippen LogP contribution in [0.3, 0.4) is 0 Å². The number of fused-ring (bicyclic) bond motifs is 2. The summed E-state index contributed by atoms with van der Waals surface area (Å²) in [7, 11) is 0. The maximum atomic E-state index is 6.56. The van der Waals surface area contributed by atoms with Crippen molar-refractivity contribution >= 4 is 5.90 Å². The van der Waals surface area contributed by atoms with Crippen molar-refractivity contribution in [2.45, 2.75) is 186 Å². The number of hydrogen-bond donors (Lipinski definition) is 0. The van der Waals surface area contributed by atoms with E-state index < -0.39 is 0 Å². The van der Waals surface area contributed by atoms with Crippen LogP contribution in [0.15, 0.2) is 4.99 Å². The zero-order valence-electron chi connectivity index (χ0n) is 25.5. The molecule has 0 aromatic rings. The summed E-state index contributed by atoms with van der Waals surface area (Å²) in [6.45, 7) is 5.60. The summed E-state index contributed by atoms with van der Waals surface area (Å²) < 4.78 is 12.9. The smallest absolute Gasteiger partial charge is 0.187 e. The summed E-state index contributed by atoms with van der Waals surface area (Å²) in [5.74, 6) is 4.44. The first-order chi connectivity index (χ1) is 18.8. The van der Waals surface area contributed by atoms with Gasteiger partial charge in [-0.05, 0) is 82.0 Å². The molecule has 0 bridgehead atoms. The van der Waals surface area contributed by atoms with Crippen LogP contribution in [0.4, 0.5) is 0 Å². The molecule has 4 rings (SSSR count). The predicted octanol–water partition coefficient (Wildman–Crippen LogP) is 10.4. The molecule has 0 radical (unpaired) electrons. The second-order valence-electron chi connectivity index (χ2n) is 13.7. The molecule has 0 N–H and O–H groups in total. The lowest BCUT2D eigenvalue weighted by molar-refractivity contribution is -0.0181. The summed E-state index contributed by atoms with van der Waals surface area (Å²) in [4.78, 5) is 5.26. The molecule has 3 nitrogen and oxygen atoms in total. The highest BCUT2D eigenvalue weighted by atomic mass is 16.5. The highest BCUT2D eigenvalue weighted by Gasteiger charge is 2.42. The van der Waals surface area contributed by atoms with Crippen molar-refractivity contribution in [2.24, 2.45) is 28.7 Å². The molecule has 3 heteroatoms. The zero-order chi connectivity index (χ0) is 26.4. The molecule has 220 valence electrons. The van der Waals surface area contributed by atoms with Gasteiger partial charge < -0.3 is 9.47 Å². The highest BCUT2D eigenvalue weighted by Crippen LogP contribution is 2.45. The Morgan fingerprint density at radius 3 is 2.08 bits per heavy atom. The Morgan fingerprint density at radius 2 is 1.32 bits per heavy atom. The van der Waals surface area contributed by atoms with E-state index in [4.69, 9.17) is 14.5 Å². The van der Waals surface area contributed by atoms with Crippen LogP contribution in [0.2, 0.25) is 0 Å². The fourth-order valence-electron chi connectivity index (χ4n) is 8.21. The lowest BCUT2D eigenvalue weighted by Gasteiger charge is -2.41. The minimum Gasteiger partial charge on any atom is -0.475 e. The van der Waals surface area contributed by atoms with Crippen molar-refractivity contribution in [2.75, 3.05) is 6.61 Å².